The fourth-order valence-corrected chi connectivity index (χ4v) is 1.85. The van der Waals surface area contributed by atoms with E-state index in [4.69, 9.17) is 22.1 Å². The third-order valence-electron chi connectivity index (χ3n) is 2.91. The van der Waals surface area contributed by atoms with Crippen molar-refractivity contribution in [3.05, 3.63) is 22.7 Å². The molecule has 3 N–H and O–H groups in total. The van der Waals surface area contributed by atoms with Crippen LogP contribution < -0.4 is 15.8 Å². The maximum atomic E-state index is 12.0. The second kappa shape index (κ2) is 8.35. The first kappa shape index (κ1) is 17.9. The Balaban J connectivity index is 2.90. The predicted molar refractivity (Wildman–Crippen MR) is 82.8 cm³/mol. The van der Waals surface area contributed by atoms with Crippen molar-refractivity contribution in [2.75, 3.05) is 25.5 Å². The van der Waals surface area contributed by atoms with E-state index in [1.54, 1.807) is 13.0 Å². The number of aryl methyl sites for hydroxylation is 1. The number of ether oxygens (including phenoxy) is 1. The topological polar surface area (TPSA) is 102 Å². The molecule has 8 heteroatoms. The molecule has 0 atom stereocenters. The van der Waals surface area contributed by atoms with Crippen LogP contribution in [0.5, 0.6) is 5.75 Å². The minimum absolute atomic E-state index is 0.0863. The van der Waals surface area contributed by atoms with Crippen LogP contribution >= 0.6 is 11.6 Å². The summed E-state index contributed by atoms with van der Waals surface area (Å²) < 4.78 is 5.10. The summed E-state index contributed by atoms with van der Waals surface area (Å²) in [7, 11) is 1.41. The lowest BCUT2D eigenvalue weighted by molar-refractivity contribution is -0.146. The zero-order valence-corrected chi connectivity index (χ0v) is 13.1. The molecule has 22 heavy (non-hydrogen) atoms. The Hall–Kier alpha value is -2.12. The van der Waals surface area contributed by atoms with E-state index in [2.05, 4.69) is 5.32 Å². The number of rotatable bonds is 6. The highest BCUT2D eigenvalue weighted by molar-refractivity contribution is 6.41. The van der Waals surface area contributed by atoms with Crippen LogP contribution in [0.2, 0.25) is 5.02 Å². The van der Waals surface area contributed by atoms with E-state index >= 15 is 0 Å². The lowest BCUT2D eigenvalue weighted by atomic mass is 10.2. The molecule has 0 spiro atoms. The van der Waals surface area contributed by atoms with Crippen LogP contribution in [0, 0.1) is 6.92 Å². The predicted octanol–water partition coefficient (Wildman–Crippen LogP) is 0.929. The summed E-state index contributed by atoms with van der Waals surface area (Å²) in [6.45, 7) is 2.14. The van der Waals surface area contributed by atoms with Crippen molar-refractivity contribution in [2.45, 2.75) is 13.3 Å². The highest BCUT2D eigenvalue weighted by Gasteiger charge is 2.22. The Morgan fingerprint density at radius 3 is 2.68 bits per heavy atom. The molecule has 0 aliphatic heterocycles. The van der Waals surface area contributed by atoms with Crippen molar-refractivity contribution < 1.29 is 19.1 Å². The molecule has 1 rings (SSSR count). The van der Waals surface area contributed by atoms with Crippen molar-refractivity contribution in [2.24, 2.45) is 5.73 Å². The normalized spacial score (nSPS) is 10.0. The third kappa shape index (κ3) is 4.44. The van der Waals surface area contributed by atoms with E-state index in [1.807, 2.05) is 0 Å². The molecule has 0 aliphatic rings. The van der Waals surface area contributed by atoms with E-state index < -0.39 is 11.8 Å². The Morgan fingerprint density at radius 1 is 1.45 bits per heavy atom. The lowest BCUT2D eigenvalue weighted by Gasteiger charge is -2.16. The molecule has 0 aromatic heterocycles. The van der Waals surface area contributed by atoms with Gasteiger partial charge in [0.15, 0.2) is 0 Å². The Labute approximate surface area is 133 Å². The molecular formula is C14H18ClN3O4. The number of anilines is 1. The highest BCUT2D eigenvalue weighted by atomic mass is 35.5. The van der Waals surface area contributed by atoms with Gasteiger partial charge in [0, 0.05) is 17.6 Å². The van der Waals surface area contributed by atoms with Gasteiger partial charge in [-0.2, -0.15) is 0 Å². The zero-order valence-electron chi connectivity index (χ0n) is 12.4. The van der Waals surface area contributed by atoms with Crippen LogP contribution in [0.25, 0.3) is 0 Å². The Kier molecular flexibility index (Phi) is 6.81. The molecule has 0 bridgehead atoms. The van der Waals surface area contributed by atoms with Crippen molar-refractivity contribution in [3.63, 3.8) is 0 Å². The smallest absolute Gasteiger partial charge is 0.318 e. The standard InChI is InChI=1S/C14H18ClN3O4/c1-9-6-11(12(22-2)7-10(9)15)17-13(20)14(21)18(8-19)5-3-4-16/h6-8H,3-5,16H2,1-2H3,(H,17,20). The summed E-state index contributed by atoms with van der Waals surface area (Å²) in [6, 6.07) is 3.11. The van der Waals surface area contributed by atoms with Crippen LogP contribution in [0.1, 0.15) is 12.0 Å². The van der Waals surface area contributed by atoms with E-state index in [0.29, 0.717) is 41.4 Å². The van der Waals surface area contributed by atoms with Gasteiger partial charge in [0.05, 0.1) is 12.8 Å². The number of nitrogens with two attached hydrogens (primary N) is 1. The van der Waals surface area contributed by atoms with E-state index in [1.165, 1.54) is 13.2 Å². The molecule has 0 saturated carbocycles. The van der Waals surface area contributed by atoms with Gasteiger partial charge in [-0.1, -0.05) is 11.6 Å². The molecule has 0 aliphatic carbocycles. The number of benzene rings is 1. The van der Waals surface area contributed by atoms with Gasteiger partial charge in [-0.05, 0) is 31.5 Å². The third-order valence-corrected chi connectivity index (χ3v) is 3.32. The summed E-state index contributed by atoms with van der Waals surface area (Å²) in [6.07, 6.45) is 0.725. The van der Waals surface area contributed by atoms with Gasteiger partial charge in [-0.25, -0.2) is 0 Å². The molecule has 1 aromatic rings. The molecule has 0 saturated heterocycles. The first-order valence-electron chi connectivity index (χ1n) is 6.56. The maximum Gasteiger partial charge on any atom is 0.318 e. The van der Waals surface area contributed by atoms with Gasteiger partial charge in [0.2, 0.25) is 6.41 Å². The maximum absolute atomic E-state index is 12.0. The van der Waals surface area contributed by atoms with Crippen molar-refractivity contribution in [3.8, 4) is 5.75 Å². The number of amides is 3. The van der Waals surface area contributed by atoms with Crippen LogP contribution in [-0.4, -0.2) is 43.3 Å². The number of nitrogens with one attached hydrogen (secondary N) is 1. The number of hydrogen-bond acceptors (Lipinski definition) is 5. The Morgan fingerprint density at radius 2 is 2.14 bits per heavy atom. The lowest BCUT2D eigenvalue weighted by Crippen LogP contribution is -2.40. The van der Waals surface area contributed by atoms with Gasteiger partial charge < -0.3 is 15.8 Å². The second-order valence-corrected chi connectivity index (χ2v) is 4.91. The number of imide groups is 1. The SMILES string of the molecule is COc1cc(Cl)c(C)cc1NC(=O)C(=O)N(C=O)CCCN. The highest BCUT2D eigenvalue weighted by Crippen LogP contribution is 2.30. The minimum atomic E-state index is -0.960. The van der Waals surface area contributed by atoms with Crippen molar-refractivity contribution in [1.82, 2.24) is 4.90 Å². The molecule has 1 aromatic carbocycles. The van der Waals surface area contributed by atoms with Gasteiger partial charge in [-0.3, -0.25) is 19.3 Å². The number of hydrogen-bond donors (Lipinski definition) is 2. The number of nitrogens with zero attached hydrogens (tertiary/aromatic N) is 1. The number of halogens is 1. The number of carbonyl (C=O) groups is 3. The number of carbonyl (C=O) groups excluding carboxylic acids is 3. The van der Waals surface area contributed by atoms with Crippen molar-refractivity contribution in [1.29, 1.82) is 0 Å². The van der Waals surface area contributed by atoms with E-state index in [-0.39, 0.29) is 6.54 Å². The summed E-state index contributed by atoms with van der Waals surface area (Å²) >= 11 is 5.97. The Bertz CT molecular complexity index is 577. The summed E-state index contributed by atoms with van der Waals surface area (Å²) in [5, 5.41) is 2.89. The van der Waals surface area contributed by atoms with Gasteiger partial charge in [0.1, 0.15) is 5.75 Å². The van der Waals surface area contributed by atoms with Crippen molar-refractivity contribution >= 4 is 35.5 Å². The van der Waals surface area contributed by atoms with Gasteiger partial charge in [-0.15, -0.1) is 0 Å². The molecule has 0 radical (unpaired) electrons. The average Bonchev–Trinajstić information content (AvgIpc) is 2.51. The molecule has 3 amide bonds. The van der Waals surface area contributed by atoms with E-state index in [0.717, 1.165) is 4.90 Å². The van der Waals surface area contributed by atoms with Crippen LogP contribution in [0.4, 0.5) is 5.69 Å². The van der Waals surface area contributed by atoms with Gasteiger partial charge in [0.25, 0.3) is 0 Å². The first-order valence-corrected chi connectivity index (χ1v) is 6.93. The molecular weight excluding hydrogens is 310 g/mol. The molecule has 0 fully saturated rings. The molecule has 0 heterocycles. The second-order valence-electron chi connectivity index (χ2n) is 4.50. The van der Waals surface area contributed by atoms with E-state index in [9.17, 15) is 14.4 Å². The fourth-order valence-electron chi connectivity index (χ4n) is 1.70. The summed E-state index contributed by atoms with van der Waals surface area (Å²) in [5.41, 5.74) is 6.32. The van der Waals surface area contributed by atoms with Crippen LogP contribution in [0.15, 0.2) is 12.1 Å². The summed E-state index contributed by atoms with van der Waals surface area (Å²) in [5.74, 6) is -1.58. The monoisotopic (exact) mass is 327 g/mol. The quantitative estimate of drug-likeness (QED) is 0.598. The zero-order chi connectivity index (χ0) is 16.7. The molecule has 120 valence electrons. The summed E-state index contributed by atoms with van der Waals surface area (Å²) in [4.78, 5) is 35.5. The van der Waals surface area contributed by atoms with Crippen LogP contribution in [0.3, 0.4) is 0 Å². The van der Waals surface area contributed by atoms with Crippen LogP contribution in [-0.2, 0) is 14.4 Å². The molecule has 7 nitrogen and oxygen atoms in total. The largest absolute Gasteiger partial charge is 0.495 e. The first-order chi connectivity index (χ1) is 10.4. The van der Waals surface area contributed by atoms with Gasteiger partial charge >= 0.3 is 11.8 Å². The average molecular weight is 328 g/mol. The fraction of sp³-hybridized carbons (Fsp3) is 0.357. The molecule has 0 unspecified atom stereocenters. The number of methoxy groups -OCH3 is 1. The minimum Gasteiger partial charge on any atom is -0.495 e.